The van der Waals surface area contributed by atoms with Gasteiger partial charge in [0.2, 0.25) is 9.04 Å². The van der Waals surface area contributed by atoms with E-state index in [1.807, 2.05) is 36.4 Å². The molecular formula is C19H24O2Si. The molecule has 1 unspecified atom stereocenters. The summed E-state index contributed by atoms with van der Waals surface area (Å²) in [5.74, 6) is 0. The van der Waals surface area contributed by atoms with Gasteiger partial charge in [0.1, 0.15) is 12.4 Å². The Morgan fingerprint density at radius 1 is 0.955 bits per heavy atom. The molecule has 3 heteroatoms. The zero-order chi connectivity index (χ0) is 16.0. The van der Waals surface area contributed by atoms with Gasteiger partial charge in [0.15, 0.2) is 0 Å². The highest BCUT2D eigenvalue weighted by atomic mass is 28.3. The minimum atomic E-state index is -1.85. The van der Waals surface area contributed by atoms with E-state index in [1.54, 1.807) is 0 Å². The zero-order valence-corrected chi connectivity index (χ0v) is 14.7. The molecule has 0 spiro atoms. The molecule has 0 radical (unpaired) electrons. The van der Waals surface area contributed by atoms with E-state index < -0.39 is 9.04 Å². The summed E-state index contributed by atoms with van der Waals surface area (Å²) in [4.78, 5) is 11.5. The Morgan fingerprint density at radius 2 is 1.41 bits per heavy atom. The van der Waals surface area contributed by atoms with Crippen molar-refractivity contribution in [1.82, 2.24) is 0 Å². The molecule has 2 nitrogen and oxygen atoms in total. The van der Waals surface area contributed by atoms with Gasteiger partial charge >= 0.3 is 0 Å². The first-order chi connectivity index (χ1) is 10.5. The molecule has 0 aliphatic heterocycles. The van der Waals surface area contributed by atoms with Crippen LogP contribution in [0.5, 0.6) is 0 Å². The molecule has 22 heavy (non-hydrogen) atoms. The summed E-state index contributed by atoms with van der Waals surface area (Å²) < 4.78 is 6.32. The molecule has 2 aromatic carbocycles. The zero-order valence-electron chi connectivity index (χ0n) is 13.5. The number of rotatable bonds is 6. The van der Waals surface area contributed by atoms with Gasteiger partial charge in [-0.3, -0.25) is 0 Å². The number of hydrogen-bond acceptors (Lipinski definition) is 2. The summed E-state index contributed by atoms with van der Waals surface area (Å²) in [7, 11) is -1.85. The Kier molecular flexibility index (Phi) is 5.69. The fourth-order valence-corrected chi connectivity index (χ4v) is 4.86. The van der Waals surface area contributed by atoms with E-state index >= 15 is 0 Å². The quantitative estimate of drug-likeness (QED) is 0.605. The van der Waals surface area contributed by atoms with Crippen LogP contribution in [0.3, 0.4) is 0 Å². The minimum Gasteiger partial charge on any atom is -0.401 e. The second-order valence-electron chi connectivity index (χ2n) is 6.78. The van der Waals surface area contributed by atoms with E-state index in [0.29, 0.717) is 0 Å². The summed E-state index contributed by atoms with van der Waals surface area (Å²) in [6, 6.07) is 20.5. The SMILES string of the molecule is CC(C)(C)CC(C=O)O[SiH](c1ccccc1)c1ccccc1. The predicted molar refractivity (Wildman–Crippen MR) is 94.3 cm³/mol. The molecule has 0 aliphatic rings. The lowest BCUT2D eigenvalue weighted by Crippen LogP contribution is -2.48. The van der Waals surface area contributed by atoms with E-state index in [9.17, 15) is 4.79 Å². The van der Waals surface area contributed by atoms with Gasteiger partial charge in [-0.05, 0) is 22.2 Å². The molecule has 0 bridgehead atoms. The number of carbonyl (C=O) groups excluding carboxylic acids is 1. The number of hydrogen-bond donors (Lipinski definition) is 0. The summed E-state index contributed by atoms with van der Waals surface area (Å²) in [5, 5.41) is 2.41. The Hall–Kier alpha value is -1.71. The van der Waals surface area contributed by atoms with Crippen LogP contribution in [-0.4, -0.2) is 21.4 Å². The van der Waals surface area contributed by atoms with Crippen LogP contribution in [0, 0.1) is 5.41 Å². The Balaban J connectivity index is 2.27. The van der Waals surface area contributed by atoms with Crippen molar-refractivity contribution in [3.8, 4) is 0 Å². The summed E-state index contributed by atoms with van der Waals surface area (Å²) in [6.07, 6.45) is 1.34. The van der Waals surface area contributed by atoms with Crippen LogP contribution in [0.4, 0.5) is 0 Å². The van der Waals surface area contributed by atoms with Gasteiger partial charge in [0.25, 0.3) is 0 Å². The highest BCUT2D eigenvalue weighted by Gasteiger charge is 2.25. The maximum absolute atomic E-state index is 11.5. The van der Waals surface area contributed by atoms with Crippen molar-refractivity contribution >= 4 is 25.7 Å². The first-order valence-electron chi connectivity index (χ1n) is 7.70. The second kappa shape index (κ2) is 7.52. The second-order valence-corrected chi connectivity index (χ2v) is 9.14. The molecule has 0 saturated carbocycles. The largest absolute Gasteiger partial charge is 0.401 e. The van der Waals surface area contributed by atoms with E-state index in [4.69, 9.17) is 4.43 Å². The third-order valence-electron chi connectivity index (χ3n) is 3.48. The van der Waals surface area contributed by atoms with Crippen molar-refractivity contribution in [3.05, 3.63) is 60.7 Å². The monoisotopic (exact) mass is 312 g/mol. The Labute approximate surface area is 134 Å². The van der Waals surface area contributed by atoms with Gasteiger partial charge in [-0.2, -0.15) is 0 Å². The first-order valence-corrected chi connectivity index (χ1v) is 9.33. The van der Waals surface area contributed by atoms with E-state index in [0.717, 1.165) is 12.7 Å². The Morgan fingerprint density at radius 3 is 1.77 bits per heavy atom. The van der Waals surface area contributed by atoms with E-state index in [2.05, 4.69) is 45.0 Å². The lowest BCUT2D eigenvalue weighted by molar-refractivity contribution is -0.114. The standard InChI is InChI=1S/C19H24O2Si/c1-19(2,3)14-16(15-20)21-22(17-10-6-4-7-11-17)18-12-8-5-9-13-18/h4-13,15-16,22H,14H2,1-3H3. The fourth-order valence-electron chi connectivity index (χ4n) is 2.51. The first kappa shape index (κ1) is 16.7. The normalized spacial score (nSPS) is 13.1. The molecule has 1 atom stereocenters. The van der Waals surface area contributed by atoms with Crippen LogP contribution in [0.25, 0.3) is 0 Å². The van der Waals surface area contributed by atoms with E-state index in [-0.39, 0.29) is 11.5 Å². The molecule has 0 heterocycles. The lowest BCUT2D eigenvalue weighted by atomic mass is 9.90. The molecule has 0 saturated heterocycles. The molecule has 0 fully saturated rings. The highest BCUT2D eigenvalue weighted by Crippen LogP contribution is 2.21. The molecular weight excluding hydrogens is 288 g/mol. The number of aldehydes is 1. The van der Waals surface area contributed by atoms with Crippen molar-refractivity contribution in [3.63, 3.8) is 0 Å². The number of carbonyl (C=O) groups is 1. The van der Waals surface area contributed by atoms with Gasteiger partial charge in [-0.1, -0.05) is 81.4 Å². The molecule has 0 aromatic heterocycles. The third-order valence-corrected chi connectivity index (χ3v) is 6.08. The summed E-state index contributed by atoms with van der Waals surface area (Å²) >= 11 is 0. The predicted octanol–water partition coefficient (Wildman–Crippen LogP) is 2.54. The lowest BCUT2D eigenvalue weighted by Gasteiger charge is -2.26. The molecule has 2 rings (SSSR count). The van der Waals surface area contributed by atoms with E-state index in [1.165, 1.54) is 10.4 Å². The van der Waals surface area contributed by atoms with Crippen LogP contribution in [0.1, 0.15) is 27.2 Å². The van der Waals surface area contributed by atoms with Gasteiger partial charge in [-0.15, -0.1) is 0 Å². The van der Waals surface area contributed by atoms with Crippen LogP contribution in [0.15, 0.2) is 60.7 Å². The summed E-state index contributed by atoms with van der Waals surface area (Å²) in [6.45, 7) is 6.40. The van der Waals surface area contributed by atoms with Gasteiger partial charge < -0.3 is 9.22 Å². The summed E-state index contributed by atoms with van der Waals surface area (Å²) in [5.41, 5.74) is 0.0674. The average Bonchev–Trinajstić information content (AvgIpc) is 2.52. The van der Waals surface area contributed by atoms with Crippen LogP contribution in [-0.2, 0) is 9.22 Å². The minimum absolute atomic E-state index is 0.0674. The van der Waals surface area contributed by atoms with Crippen LogP contribution >= 0.6 is 0 Å². The van der Waals surface area contributed by atoms with Gasteiger partial charge in [0, 0.05) is 0 Å². The van der Waals surface area contributed by atoms with Crippen molar-refractivity contribution in [1.29, 1.82) is 0 Å². The molecule has 0 aliphatic carbocycles. The van der Waals surface area contributed by atoms with Crippen molar-refractivity contribution in [2.24, 2.45) is 5.41 Å². The Bertz CT molecular complexity index is 536. The van der Waals surface area contributed by atoms with Crippen molar-refractivity contribution < 1.29 is 9.22 Å². The average molecular weight is 312 g/mol. The molecule has 2 aromatic rings. The van der Waals surface area contributed by atoms with Gasteiger partial charge in [-0.25, -0.2) is 0 Å². The smallest absolute Gasteiger partial charge is 0.240 e. The third kappa shape index (κ3) is 4.93. The maximum atomic E-state index is 11.5. The highest BCUT2D eigenvalue weighted by molar-refractivity contribution is 6.80. The molecule has 0 amide bonds. The fraction of sp³-hybridized carbons (Fsp3) is 0.316. The van der Waals surface area contributed by atoms with Crippen molar-refractivity contribution in [2.45, 2.75) is 33.3 Å². The van der Waals surface area contributed by atoms with Crippen molar-refractivity contribution in [2.75, 3.05) is 0 Å². The van der Waals surface area contributed by atoms with Crippen LogP contribution in [0.2, 0.25) is 0 Å². The molecule has 0 N–H and O–H groups in total. The maximum Gasteiger partial charge on any atom is 0.240 e. The van der Waals surface area contributed by atoms with Gasteiger partial charge in [0.05, 0.1) is 0 Å². The molecule has 116 valence electrons. The number of benzene rings is 2. The topological polar surface area (TPSA) is 26.3 Å². The van der Waals surface area contributed by atoms with Crippen LogP contribution < -0.4 is 10.4 Å².